The number of hydrogen-bond acceptors (Lipinski definition) is 2. The van der Waals surface area contributed by atoms with E-state index in [1.165, 1.54) is 11.0 Å². The fourth-order valence-corrected chi connectivity index (χ4v) is 2.33. The van der Waals surface area contributed by atoms with Crippen LogP contribution in [0.1, 0.15) is 17.3 Å². The highest BCUT2D eigenvalue weighted by atomic mass is 127. The Morgan fingerprint density at radius 1 is 1.44 bits per heavy atom. The van der Waals surface area contributed by atoms with Crippen molar-refractivity contribution in [2.45, 2.75) is 13.0 Å². The summed E-state index contributed by atoms with van der Waals surface area (Å²) in [6, 6.07) is 1.99. The summed E-state index contributed by atoms with van der Waals surface area (Å²) in [5, 5.41) is 0. The van der Waals surface area contributed by atoms with Gasteiger partial charge in [-0.1, -0.05) is 0 Å². The van der Waals surface area contributed by atoms with Crippen LogP contribution in [0, 0.1) is 15.2 Å². The van der Waals surface area contributed by atoms with Gasteiger partial charge in [0, 0.05) is 22.7 Å². The van der Waals surface area contributed by atoms with Crippen molar-refractivity contribution in [1.29, 1.82) is 0 Å². The Bertz CT molecular complexity index is 481. The smallest absolute Gasteiger partial charge is 0.257 e. The highest BCUT2D eigenvalue weighted by molar-refractivity contribution is 14.1. The lowest BCUT2D eigenvalue weighted by molar-refractivity contribution is -0.0125. The zero-order chi connectivity index (χ0) is 13.3. The summed E-state index contributed by atoms with van der Waals surface area (Å²) in [7, 11) is 0. The zero-order valence-electron chi connectivity index (χ0n) is 9.75. The van der Waals surface area contributed by atoms with Crippen molar-refractivity contribution < 1.29 is 18.3 Å². The first kappa shape index (κ1) is 13.7. The van der Waals surface area contributed by atoms with Gasteiger partial charge >= 0.3 is 0 Å². The molecule has 1 aliphatic heterocycles. The highest BCUT2D eigenvalue weighted by Gasteiger charge is 2.25. The molecule has 1 aromatic carbocycles. The molecule has 98 valence electrons. The van der Waals surface area contributed by atoms with E-state index in [1.54, 1.807) is 22.6 Å². The largest absolute Gasteiger partial charge is 0.375 e. The number of benzene rings is 1. The molecule has 1 saturated heterocycles. The molecule has 3 nitrogen and oxygen atoms in total. The summed E-state index contributed by atoms with van der Waals surface area (Å²) in [6.07, 6.45) is -0.0646. The fourth-order valence-electron chi connectivity index (χ4n) is 1.86. The van der Waals surface area contributed by atoms with Crippen LogP contribution in [-0.4, -0.2) is 36.6 Å². The minimum atomic E-state index is -0.822. The van der Waals surface area contributed by atoms with Crippen LogP contribution in [0.5, 0.6) is 0 Å². The SMILES string of the molecule is C[C@@H]1CN(C(=O)c2cc(I)c(F)cc2F)CCO1. The van der Waals surface area contributed by atoms with Crippen molar-refractivity contribution in [3.05, 3.63) is 32.9 Å². The molecule has 0 aliphatic carbocycles. The first-order valence-corrected chi connectivity index (χ1v) is 6.62. The number of halogens is 3. The predicted molar refractivity (Wildman–Crippen MR) is 70.4 cm³/mol. The average Bonchev–Trinajstić information content (AvgIpc) is 2.33. The normalized spacial score (nSPS) is 20.0. The predicted octanol–water partition coefficient (Wildman–Crippen LogP) is 2.43. The van der Waals surface area contributed by atoms with Gasteiger partial charge < -0.3 is 9.64 Å². The molecule has 0 bridgehead atoms. The number of carbonyl (C=O) groups is 1. The second kappa shape index (κ2) is 5.48. The van der Waals surface area contributed by atoms with Crippen molar-refractivity contribution in [2.75, 3.05) is 19.7 Å². The Kier molecular flexibility index (Phi) is 4.16. The van der Waals surface area contributed by atoms with E-state index in [0.29, 0.717) is 19.7 Å². The second-order valence-corrected chi connectivity index (χ2v) is 5.34. The molecule has 0 aromatic heterocycles. The van der Waals surface area contributed by atoms with Gasteiger partial charge in [-0.05, 0) is 35.6 Å². The summed E-state index contributed by atoms with van der Waals surface area (Å²) in [5.41, 5.74) is -0.0881. The first-order valence-electron chi connectivity index (χ1n) is 5.54. The molecular weight excluding hydrogens is 355 g/mol. The van der Waals surface area contributed by atoms with Gasteiger partial charge in [0.15, 0.2) is 0 Å². The van der Waals surface area contributed by atoms with Gasteiger partial charge in [0.05, 0.1) is 18.3 Å². The van der Waals surface area contributed by atoms with Crippen LogP contribution in [0.3, 0.4) is 0 Å². The van der Waals surface area contributed by atoms with Crippen LogP contribution >= 0.6 is 22.6 Å². The lowest BCUT2D eigenvalue weighted by Crippen LogP contribution is -2.44. The van der Waals surface area contributed by atoms with Crippen molar-refractivity contribution >= 4 is 28.5 Å². The third kappa shape index (κ3) is 2.80. The molecule has 0 radical (unpaired) electrons. The van der Waals surface area contributed by atoms with Gasteiger partial charge in [-0.3, -0.25) is 4.79 Å². The molecule has 6 heteroatoms. The zero-order valence-corrected chi connectivity index (χ0v) is 11.9. The third-order valence-corrected chi connectivity index (χ3v) is 3.60. The summed E-state index contributed by atoms with van der Waals surface area (Å²) in [6.45, 7) is 3.14. The molecule has 2 rings (SSSR count). The topological polar surface area (TPSA) is 29.5 Å². The quantitative estimate of drug-likeness (QED) is 0.564. The van der Waals surface area contributed by atoms with Crippen molar-refractivity contribution in [3.8, 4) is 0 Å². The Labute approximate surface area is 117 Å². The van der Waals surface area contributed by atoms with Gasteiger partial charge in [-0.15, -0.1) is 0 Å². The van der Waals surface area contributed by atoms with Crippen LogP contribution < -0.4 is 0 Å². The minimum Gasteiger partial charge on any atom is -0.375 e. The van der Waals surface area contributed by atoms with E-state index in [4.69, 9.17) is 4.74 Å². The molecule has 18 heavy (non-hydrogen) atoms. The third-order valence-electron chi connectivity index (χ3n) is 2.77. The van der Waals surface area contributed by atoms with Crippen LogP contribution in [0.2, 0.25) is 0 Å². The molecule has 1 amide bonds. The summed E-state index contributed by atoms with van der Waals surface area (Å²) in [5.74, 6) is -1.89. The van der Waals surface area contributed by atoms with Crippen molar-refractivity contribution in [3.63, 3.8) is 0 Å². The molecule has 1 heterocycles. The van der Waals surface area contributed by atoms with Gasteiger partial charge in [0.2, 0.25) is 0 Å². The average molecular weight is 367 g/mol. The Morgan fingerprint density at radius 3 is 2.83 bits per heavy atom. The minimum absolute atomic E-state index is 0.0646. The fraction of sp³-hybridized carbons (Fsp3) is 0.417. The molecular formula is C12H12F2INO2. The Hall–Kier alpha value is -0.760. The molecule has 1 atom stereocenters. The van der Waals surface area contributed by atoms with E-state index >= 15 is 0 Å². The van der Waals surface area contributed by atoms with E-state index in [-0.39, 0.29) is 15.2 Å². The van der Waals surface area contributed by atoms with E-state index in [9.17, 15) is 13.6 Å². The van der Waals surface area contributed by atoms with Crippen LogP contribution in [0.4, 0.5) is 8.78 Å². The molecule has 0 unspecified atom stereocenters. The van der Waals surface area contributed by atoms with Crippen LogP contribution in [0.25, 0.3) is 0 Å². The summed E-state index contributed by atoms with van der Waals surface area (Å²) >= 11 is 1.74. The van der Waals surface area contributed by atoms with Gasteiger partial charge in [0.1, 0.15) is 11.6 Å². The Morgan fingerprint density at radius 2 is 2.17 bits per heavy atom. The van der Waals surface area contributed by atoms with E-state index in [2.05, 4.69) is 0 Å². The van der Waals surface area contributed by atoms with Crippen molar-refractivity contribution in [2.24, 2.45) is 0 Å². The van der Waals surface area contributed by atoms with Crippen molar-refractivity contribution in [1.82, 2.24) is 4.90 Å². The lowest BCUT2D eigenvalue weighted by Gasteiger charge is -2.31. The maximum absolute atomic E-state index is 13.6. The van der Waals surface area contributed by atoms with E-state index in [0.717, 1.165) is 6.07 Å². The van der Waals surface area contributed by atoms with Crippen LogP contribution in [-0.2, 0) is 4.74 Å². The van der Waals surface area contributed by atoms with E-state index < -0.39 is 17.5 Å². The van der Waals surface area contributed by atoms with E-state index in [1.807, 2.05) is 6.92 Å². The number of carbonyl (C=O) groups excluding carboxylic acids is 1. The summed E-state index contributed by atoms with van der Waals surface area (Å²) in [4.78, 5) is 13.7. The second-order valence-electron chi connectivity index (χ2n) is 4.18. The number of nitrogens with zero attached hydrogens (tertiary/aromatic N) is 1. The number of amides is 1. The standard InChI is InChI=1S/C12H12F2INO2/c1-7-6-16(2-3-18-7)12(17)8-4-11(15)10(14)5-9(8)13/h4-5,7H,2-3,6H2,1H3/t7-/m1/s1. The highest BCUT2D eigenvalue weighted by Crippen LogP contribution is 2.19. The number of morpholine rings is 1. The number of ether oxygens (including phenoxy) is 1. The van der Waals surface area contributed by atoms with Gasteiger partial charge in [-0.2, -0.15) is 0 Å². The molecule has 0 N–H and O–H groups in total. The lowest BCUT2D eigenvalue weighted by atomic mass is 10.1. The molecule has 0 saturated carbocycles. The molecule has 1 aliphatic rings. The number of hydrogen-bond donors (Lipinski definition) is 0. The Balaban J connectivity index is 2.25. The maximum atomic E-state index is 13.6. The molecule has 0 spiro atoms. The maximum Gasteiger partial charge on any atom is 0.257 e. The summed E-state index contributed by atoms with van der Waals surface area (Å²) < 4.78 is 32.3. The first-order chi connectivity index (χ1) is 8.49. The van der Waals surface area contributed by atoms with Gasteiger partial charge in [-0.25, -0.2) is 8.78 Å². The molecule has 1 fully saturated rings. The van der Waals surface area contributed by atoms with Crippen LogP contribution in [0.15, 0.2) is 12.1 Å². The van der Waals surface area contributed by atoms with Gasteiger partial charge in [0.25, 0.3) is 5.91 Å². The molecule has 1 aromatic rings. The number of rotatable bonds is 1. The monoisotopic (exact) mass is 367 g/mol.